The number of carbonyl (C=O) groups excluding carboxylic acids is 1. The molecule has 0 saturated carbocycles. The number of hydrogen-bond acceptors (Lipinski definition) is 3. The molecule has 152 valence electrons. The average molecular weight is 557 g/mol. The van der Waals surface area contributed by atoms with E-state index in [2.05, 4.69) is 42.2 Å². The van der Waals surface area contributed by atoms with E-state index in [9.17, 15) is 4.79 Å². The molecular formula is C24H13Br2ClN2O2. The lowest BCUT2D eigenvalue weighted by Crippen LogP contribution is -2.12. The molecule has 0 saturated heterocycles. The van der Waals surface area contributed by atoms with Crippen molar-refractivity contribution in [3.63, 3.8) is 0 Å². The van der Waals surface area contributed by atoms with Crippen molar-refractivity contribution in [2.24, 2.45) is 0 Å². The van der Waals surface area contributed by atoms with Crippen LogP contribution in [0.15, 0.2) is 86.2 Å². The van der Waals surface area contributed by atoms with E-state index < -0.39 is 0 Å². The maximum Gasteiger partial charge on any atom is 0.256 e. The van der Waals surface area contributed by atoms with Gasteiger partial charge in [-0.3, -0.25) is 4.79 Å². The number of aromatic nitrogens is 1. The first-order chi connectivity index (χ1) is 15.0. The van der Waals surface area contributed by atoms with E-state index in [1.165, 1.54) is 0 Å². The Bertz CT molecular complexity index is 1480. The molecule has 5 rings (SSSR count). The predicted molar refractivity (Wildman–Crippen MR) is 132 cm³/mol. The lowest BCUT2D eigenvalue weighted by Gasteiger charge is -2.09. The van der Waals surface area contributed by atoms with Gasteiger partial charge in [0.05, 0.1) is 10.6 Å². The third kappa shape index (κ3) is 3.87. The molecule has 0 fully saturated rings. The van der Waals surface area contributed by atoms with Crippen molar-refractivity contribution in [3.8, 4) is 11.5 Å². The van der Waals surface area contributed by atoms with E-state index >= 15 is 0 Å². The van der Waals surface area contributed by atoms with E-state index in [1.54, 1.807) is 24.3 Å². The number of anilines is 1. The highest BCUT2D eigenvalue weighted by Crippen LogP contribution is 2.33. The highest BCUT2D eigenvalue weighted by atomic mass is 79.9. The fourth-order valence-electron chi connectivity index (χ4n) is 3.45. The Morgan fingerprint density at radius 2 is 1.74 bits per heavy atom. The van der Waals surface area contributed by atoms with Crippen LogP contribution in [0.5, 0.6) is 0 Å². The summed E-state index contributed by atoms with van der Waals surface area (Å²) in [6, 6.07) is 22.3. The number of halogens is 3. The average Bonchev–Trinajstić information content (AvgIpc) is 3.18. The van der Waals surface area contributed by atoms with Crippen molar-refractivity contribution < 1.29 is 9.21 Å². The first kappa shape index (κ1) is 20.2. The zero-order valence-electron chi connectivity index (χ0n) is 15.8. The zero-order valence-corrected chi connectivity index (χ0v) is 19.8. The molecule has 0 atom stereocenters. The Morgan fingerprint density at radius 1 is 0.935 bits per heavy atom. The Labute approximate surface area is 199 Å². The van der Waals surface area contributed by atoms with E-state index in [4.69, 9.17) is 16.0 Å². The number of rotatable bonds is 3. The smallest absolute Gasteiger partial charge is 0.256 e. The molecule has 0 spiro atoms. The molecule has 4 nitrogen and oxygen atoms in total. The molecule has 4 aromatic carbocycles. The van der Waals surface area contributed by atoms with Gasteiger partial charge in [-0.25, -0.2) is 4.98 Å². The number of nitrogens with one attached hydrogen (secondary N) is 1. The van der Waals surface area contributed by atoms with Crippen LogP contribution in [0.3, 0.4) is 0 Å². The van der Waals surface area contributed by atoms with Gasteiger partial charge in [0.2, 0.25) is 5.89 Å². The maximum absolute atomic E-state index is 13.0. The number of fused-ring (bicyclic) bond motifs is 2. The van der Waals surface area contributed by atoms with Crippen LogP contribution in [-0.4, -0.2) is 10.9 Å². The van der Waals surface area contributed by atoms with E-state index in [0.29, 0.717) is 38.8 Å². The molecule has 1 amide bonds. The topological polar surface area (TPSA) is 55.1 Å². The van der Waals surface area contributed by atoms with Gasteiger partial charge in [0.15, 0.2) is 5.58 Å². The van der Waals surface area contributed by atoms with Gasteiger partial charge in [-0.1, -0.05) is 67.7 Å². The number of benzene rings is 4. The van der Waals surface area contributed by atoms with Crippen molar-refractivity contribution >= 4 is 76.9 Å². The predicted octanol–water partition coefficient (Wildman–Crippen LogP) is 8.08. The molecule has 0 aliphatic heterocycles. The molecule has 1 aromatic heterocycles. The van der Waals surface area contributed by atoms with E-state index in [-0.39, 0.29) is 5.91 Å². The molecule has 7 heteroatoms. The van der Waals surface area contributed by atoms with Gasteiger partial charge in [0.1, 0.15) is 5.52 Å². The maximum atomic E-state index is 13.0. The molecule has 0 aliphatic rings. The second kappa shape index (κ2) is 8.11. The Kier molecular flexibility index (Phi) is 5.30. The minimum absolute atomic E-state index is 0.193. The third-order valence-electron chi connectivity index (χ3n) is 4.92. The fraction of sp³-hybridized carbons (Fsp3) is 0. The van der Waals surface area contributed by atoms with Crippen molar-refractivity contribution in [1.29, 1.82) is 0 Å². The Balaban J connectivity index is 1.48. The summed E-state index contributed by atoms with van der Waals surface area (Å²) in [6.45, 7) is 0. The summed E-state index contributed by atoms with van der Waals surface area (Å²) in [6.07, 6.45) is 0. The Hall–Kier alpha value is -2.67. The molecular weight excluding hydrogens is 544 g/mol. The first-order valence-corrected chi connectivity index (χ1v) is 11.3. The van der Waals surface area contributed by atoms with Crippen LogP contribution in [-0.2, 0) is 0 Å². The largest absolute Gasteiger partial charge is 0.436 e. The molecule has 5 aromatic rings. The van der Waals surface area contributed by atoms with Gasteiger partial charge in [-0.05, 0) is 59.3 Å². The Morgan fingerprint density at radius 3 is 2.61 bits per heavy atom. The first-order valence-electron chi connectivity index (χ1n) is 9.34. The second-order valence-electron chi connectivity index (χ2n) is 6.92. The lowest BCUT2D eigenvalue weighted by molar-refractivity contribution is 0.102. The lowest BCUT2D eigenvalue weighted by atomic mass is 10.0. The van der Waals surface area contributed by atoms with Gasteiger partial charge in [0, 0.05) is 20.2 Å². The molecule has 1 N–H and O–H groups in total. The highest BCUT2D eigenvalue weighted by molar-refractivity contribution is 9.11. The summed E-state index contributed by atoms with van der Waals surface area (Å²) < 4.78 is 7.70. The number of nitrogens with zero attached hydrogens (tertiary/aromatic N) is 1. The van der Waals surface area contributed by atoms with Gasteiger partial charge in [0.25, 0.3) is 5.91 Å². The summed E-state index contributed by atoms with van der Waals surface area (Å²) >= 11 is 13.3. The van der Waals surface area contributed by atoms with Crippen LogP contribution in [0.1, 0.15) is 10.4 Å². The van der Waals surface area contributed by atoms with Crippen LogP contribution in [0.4, 0.5) is 5.69 Å². The normalized spacial score (nSPS) is 11.2. The van der Waals surface area contributed by atoms with Crippen molar-refractivity contribution in [3.05, 3.63) is 92.3 Å². The molecule has 0 bridgehead atoms. The van der Waals surface area contributed by atoms with E-state index in [1.807, 2.05) is 48.5 Å². The van der Waals surface area contributed by atoms with Crippen LogP contribution in [0, 0.1) is 0 Å². The third-order valence-corrected chi connectivity index (χ3v) is 6.43. The minimum Gasteiger partial charge on any atom is -0.436 e. The number of carbonyl (C=O) groups is 1. The number of oxazole rings is 1. The molecule has 0 radical (unpaired) electrons. The summed E-state index contributed by atoms with van der Waals surface area (Å²) in [7, 11) is 0. The van der Waals surface area contributed by atoms with Crippen LogP contribution in [0.2, 0.25) is 5.02 Å². The standard InChI is InChI=1S/C24H13Br2ClN2O2/c25-13-7-9-20(27)18(11-13)24-29-21-12-14(8-10-22(21)31-24)28-23(30)17-5-1-4-16-15(17)3-2-6-19(16)26/h1-12H,(H,28,30). The van der Waals surface area contributed by atoms with Gasteiger partial charge in [-0.15, -0.1) is 0 Å². The zero-order chi connectivity index (χ0) is 21.5. The summed E-state index contributed by atoms with van der Waals surface area (Å²) in [5, 5.41) is 5.37. The second-order valence-corrected chi connectivity index (χ2v) is 9.10. The highest BCUT2D eigenvalue weighted by Gasteiger charge is 2.15. The molecule has 1 heterocycles. The monoisotopic (exact) mass is 554 g/mol. The van der Waals surface area contributed by atoms with E-state index in [0.717, 1.165) is 19.7 Å². The van der Waals surface area contributed by atoms with Crippen LogP contribution >= 0.6 is 43.5 Å². The van der Waals surface area contributed by atoms with Crippen LogP contribution < -0.4 is 5.32 Å². The SMILES string of the molecule is O=C(Nc1ccc2oc(-c3cc(Br)ccc3Cl)nc2c1)c1cccc2c(Br)cccc12. The number of hydrogen-bond donors (Lipinski definition) is 1. The molecule has 0 aliphatic carbocycles. The minimum atomic E-state index is -0.193. The van der Waals surface area contributed by atoms with Crippen molar-refractivity contribution in [1.82, 2.24) is 4.98 Å². The quantitative estimate of drug-likeness (QED) is 0.244. The summed E-state index contributed by atoms with van der Waals surface area (Å²) in [4.78, 5) is 17.5. The van der Waals surface area contributed by atoms with Crippen LogP contribution in [0.25, 0.3) is 33.3 Å². The van der Waals surface area contributed by atoms with Gasteiger partial charge >= 0.3 is 0 Å². The van der Waals surface area contributed by atoms with Gasteiger partial charge < -0.3 is 9.73 Å². The van der Waals surface area contributed by atoms with Gasteiger partial charge in [-0.2, -0.15) is 0 Å². The summed E-state index contributed by atoms with van der Waals surface area (Å²) in [5.41, 5.74) is 3.16. The fourth-order valence-corrected chi connectivity index (χ4v) is 4.51. The van der Waals surface area contributed by atoms with Crippen molar-refractivity contribution in [2.45, 2.75) is 0 Å². The number of amides is 1. The summed E-state index contributed by atoms with van der Waals surface area (Å²) in [5.74, 6) is 0.227. The molecule has 0 unspecified atom stereocenters. The molecule has 31 heavy (non-hydrogen) atoms. The van der Waals surface area contributed by atoms with Crippen molar-refractivity contribution in [2.75, 3.05) is 5.32 Å².